The van der Waals surface area contributed by atoms with E-state index in [1.165, 1.54) is 0 Å². The summed E-state index contributed by atoms with van der Waals surface area (Å²) in [5.41, 5.74) is 0. The molecule has 1 atom stereocenters. The Kier molecular flexibility index (Phi) is 4.70. The molecule has 3 heteroatoms. The molecule has 1 rings (SSSR count). The number of ether oxygens (including phenoxy) is 1. The highest BCUT2D eigenvalue weighted by molar-refractivity contribution is 5.99. The summed E-state index contributed by atoms with van der Waals surface area (Å²) < 4.78 is 5.08. The first-order chi connectivity index (χ1) is 7.65. The Bertz CT molecular complexity index is 357. The maximum atomic E-state index is 11.6. The lowest BCUT2D eigenvalue weighted by molar-refractivity contribution is -0.143. The van der Waals surface area contributed by atoms with E-state index in [9.17, 15) is 9.59 Å². The topological polar surface area (TPSA) is 43.4 Å². The largest absolute Gasteiger partial charge is 0.426 e. The Morgan fingerprint density at radius 3 is 2.44 bits per heavy atom. The average Bonchev–Trinajstić information content (AvgIpc) is 2.29. The molecule has 1 aromatic rings. The minimum absolute atomic E-state index is 0.0663. The van der Waals surface area contributed by atoms with Gasteiger partial charge in [-0.1, -0.05) is 25.1 Å². The van der Waals surface area contributed by atoms with Crippen LogP contribution in [0.5, 0.6) is 5.75 Å². The molecule has 0 fully saturated rings. The summed E-state index contributed by atoms with van der Waals surface area (Å²) >= 11 is 0. The summed E-state index contributed by atoms with van der Waals surface area (Å²) in [7, 11) is 0. The van der Waals surface area contributed by atoms with Crippen LogP contribution >= 0.6 is 0 Å². The zero-order chi connectivity index (χ0) is 12.0. The SMILES string of the molecule is CCCC(=O)C(C)C(=O)Oc1ccccc1. The fourth-order valence-electron chi connectivity index (χ4n) is 1.29. The van der Waals surface area contributed by atoms with Crippen molar-refractivity contribution in [3.05, 3.63) is 30.3 Å². The lowest BCUT2D eigenvalue weighted by Gasteiger charge is -2.09. The first-order valence-corrected chi connectivity index (χ1v) is 5.44. The predicted octanol–water partition coefficient (Wildman–Crippen LogP) is 2.60. The highest BCUT2D eigenvalue weighted by Gasteiger charge is 2.22. The summed E-state index contributed by atoms with van der Waals surface area (Å²) in [4.78, 5) is 23.1. The Morgan fingerprint density at radius 1 is 1.25 bits per heavy atom. The molecule has 1 aromatic carbocycles. The van der Waals surface area contributed by atoms with E-state index >= 15 is 0 Å². The summed E-state index contributed by atoms with van der Waals surface area (Å²) in [5.74, 6) is -0.753. The average molecular weight is 220 g/mol. The molecule has 0 radical (unpaired) electrons. The van der Waals surface area contributed by atoms with Gasteiger partial charge in [-0.2, -0.15) is 0 Å². The van der Waals surface area contributed by atoms with Crippen molar-refractivity contribution in [2.45, 2.75) is 26.7 Å². The first kappa shape index (κ1) is 12.4. The fourth-order valence-corrected chi connectivity index (χ4v) is 1.29. The zero-order valence-corrected chi connectivity index (χ0v) is 9.60. The van der Waals surface area contributed by atoms with E-state index in [1.807, 2.05) is 13.0 Å². The molecule has 3 nitrogen and oxygen atoms in total. The molecule has 0 aliphatic carbocycles. The van der Waals surface area contributed by atoms with Gasteiger partial charge in [-0.3, -0.25) is 9.59 Å². The standard InChI is InChI=1S/C13H16O3/c1-3-7-12(14)10(2)13(15)16-11-8-5-4-6-9-11/h4-6,8-10H,3,7H2,1-2H3. The maximum absolute atomic E-state index is 11.6. The number of ketones is 1. The van der Waals surface area contributed by atoms with Crippen molar-refractivity contribution < 1.29 is 14.3 Å². The number of benzene rings is 1. The normalized spacial score (nSPS) is 11.9. The Balaban J connectivity index is 2.56. The van der Waals surface area contributed by atoms with Crippen LogP contribution < -0.4 is 4.74 Å². The van der Waals surface area contributed by atoms with E-state index in [0.29, 0.717) is 12.2 Å². The van der Waals surface area contributed by atoms with Crippen LogP contribution in [0.15, 0.2) is 30.3 Å². The number of rotatable bonds is 5. The monoisotopic (exact) mass is 220 g/mol. The van der Waals surface area contributed by atoms with Gasteiger partial charge in [-0.25, -0.2) is 0 Å². The molecule has 0 saturated carbocycles. The van der Waals surface area contributed by atoms with Gasteiger partial charge in [0.05, 0.1) is 0 Å². The number of hydrogen-bond acceptors (Lipinski definition) is 3. The van der Waals surface area contributed by atoms with Crippen LogP contribution in [0, 0.1) is 5.92 Å². The van der Waals surface area contributed by atoms with Gasteiger partial charge in [0.2, 0.25) is 0 Å². The van der Waals surface area contributed by atoms with Gasteiger partial charge in [0.1, 0.15) is 17.5 Å². The molecule has 0 aliphatic heterocycles. The highest BCUT2D eigenvalue weighted by atomic mass is 16.5. The summed E-state index contributed by atoms with van der Waals surface area (Å²) in [6.45, 7) is 3.50. The molecule has 0 bridgehead atoms. The van der Waals surface area contributed by atoms with Crippen LogP contribution in [-0.2, 0) is 9.59 Å². The molecule has 0 amide bonds. The van der Waals surface area contributed by atoms with Crippen molar-refractivity contribution in [1.29, 1.82) is 0 Å². The maximum Gasteiger partial charge on any atom is 0.321 e. The van der Waals surface area contributed by atoms with Gasteiger partial charge in [-0.05, 0) is 25.5 Å². The minimum Gasteiger partial charge on any atom is -0.426 e. The van der Waals surface area contributed by atoms with Crippen LogP contribution in [0.1, 0.15) is 26.7 Å². The molecule has 86 valence electrons. The van der Waals surface area contributed by atoms with E-state index in [4.69, 9.17) is 4.74 Å². The number of para-hydroxylation sites is 1. The fraction of sp³-hybridized carbons (Fsp3) is 0.385. The summed E-state index contributed by atoms with van der Waals surface area (Å²) in [6.07, 6.45) is 1.17. The quantitative estimate of drug-likeness (QED) is 0.435. The Morgan fingerprint density at radius 2 is 1.88 bits per heavy atom. The van der Waals surface area contributed by atoms with Crippen molar-refractivity contribution in [2.24, 2.45) is 5.92 Å². The molecule has 0 N–H and O–H groups in total. The van der Waals surface area contributed by atoms with Crippen LogP contribution in [0.2, 0.25) is 0 Å². The van der Waals surface area contributed by atoms with Gasteiger partial charge >= 0.3 is 5.97 Å². The minimum atomic E-state index is -0.680. The molecule has 16 heavy (non-hydrogen) atoms. The molecule has 0 spiro atoms. The van der Waals surface area contributed by atoms with Crippen molar-refractivity contribution >= 4 is 11.8 Å². The lowest BCUT2D eigenvalue weighted by atomic mass is 10.0. The molecule has 0 saturated heterocycles. The van der Waals surface area contributed by atoms with E-state index in [1.54, 1.807) is 31.2 Å². The third kappa shape index (κ3) is 3.50. The number of carbonyl (C=O) groups is 2. The smallest absolute Gasteiger partial charge is 0.321 e. The summed E-state index contributed by atoms with van der Waals surface area (Å²) in [6, 6.07) is 8.77. The predicted molar refractivity (Wildman–Crippen MR) is 61.2 cm³/mol. The van der Waals surface area contributed by atoms with Crippen LogP contribution in [-0.4, -0.2) is 11.8 Å². The van der Waals surface area contributed by atoms with Crippen LogP contribution in [0.4, 0.5) is 0 Å². The van der Waals surface area contributed by atoms with E-state index in [0.717, 1.165) is 6.42 Å². The van der Waals surface area contributed by atoms with E-state index in [2.05, 4.69) is 0 Å². The van der Waals surface area contributed by atoms with Crippen LogP contribution in [0.3, 0.4) is 0 Å². The van der Waals surface area contributed by atoms with Gasteiger partial charge in [-0.15, -0.1) is 0 Å². The molecule has 0 aliphatic rings. The van der Waals surface area contributed by atoms with Crippen molar-refractivity contribution in [2.75, 3.05) is 0 Å². The third-order valence-electron chi connectivity index (χ3n) is 2.29. The van der Waals surface area contributed by atoms with Crippen molar-refractivity contribution in [1.82, 2.24) is 0 Å². The van der Waals surface area contributed by atoms with E-state index in [-0.39, 0.29) is 5.78 Å². The van der Waals surface area contributed by atoms with E-state index < -0.39 is 11.9 Å². The Labute approximate surface area is 95.4 Å². The number of hydrogen-bond donors (Lipinski definition) is 0. The second-order valence-corrected chi connectivity index (χ2v) is 3.67. The molecular formula is C13H16O3. The van der Waals surface area contributed by atoms with Gasteiger partial charge < -0.3 is 4.74 Å². The lowest BCUT2D eigenvalue weighted by Crippen LogP contribution is -2.25. The number of Topliss-reactive ketones (excluding diaryl/α,β-unsaturated/α-hetero) is 1. The zero-order valence-electron chi connectivity index (χ0n) is 9.60. The summed E-state index contributed by atoms with van der Waals surface area (Å²) in [5, 5.41) is 0. The van der Waals surface area contributed by atoms with Crippen LogP contribution in [0.25, 0.3) is 0 Å². The molecule has 0 heterocycles. The number of esters is 1. The third-order valence-corrected chi connectivity index (χ3v) is 2.29. The van der Waals surface area contributed by atoms with Gasteiger partial charge in [0, 0.05) is 6.42 Å². The molecule has 0 aromatic heterocycles. The first-order valence-electron chi connectivity index (χ1n) is 5.44. The second-order valence-electron chi connectivity index (χ2n) is 3.67. The highest BCUT2D eigenvalue weighted by Crippen LogP contribution is 2.12. The Hall–Kier alpha value is -1.64. The number of carbonyl (C=O) groups excluding carboxylic acids is 2. The van der Waals surface area contributed by atoms with Gasteiger partial charge in [0.25, 0.3) is 0 Å². The van der Waals surface area contributed by atoms with Gasteiger partial charge in [0.15, 0.2) is 0 Å². The van der Waals surface area contributed by atoms with Crippen molar-refractivity contribution in [3.63, 3.8) is 0 Å². The second kappa shape index (κ2) is 6.05. The van der Waals surface area contributed by atoms with Crippen molar-refractivity contribution in [3.8, 4) is 5.75 Å². The molecular weight excluding hydrogens is 204 g/mol. The molecule has 1 unspecified atom stereocenters.